The molecule has 3 aromatic rings. The van der Waals surface area contributed by atoms with Crippen molar-refractivity contribution in [1.29, 1.82) is 0 Å². The number of amides is 1. The van der Waals surface area contributed by atoms with Gasteiger partial charge in [0.2, 0.25) is 6.10 Å². The van der Waals surface area contributed by atoms with Crippen LogP contribution in [0.1, 0.15) is 26.3 Å². The van der Waals surface area contributed by atoms with E-state index in [1.807, 2.05) is 0 Å². The fourth-order valence-electron chi connectivity index (χ4n) is 2.89. The van der Waals surface area contributed by atoms with Crippen molar-refractivity contribution in [2.75, 3.05) is 0 Å². The van der Waals surface area contributed by atoms with Crippen LogP contribution < -0.4 is 10.4 Å². The average Bonchev–Trinajstić information content (AvgIpc) is 2.86. The van der Waals surface area contributed by atoms with E-state index < -0.39 is 36.0 Å². The largest absolute Gasteiger partial charge is 0.546 e. The Kier molecular flexibility index (Phi) is 7.91. The van der Waals surface area contributed by atoms with E-state index in [9.17, 15) is 24.3 Å². The van der Waals surface area contributed by atoms with Crippen LogP contribution in [0.4, 0.5) is 0 Å². The number of ether oxygens (including phenoxy) is 2. The summed E-state index contributed by atoms with van der Waals surface area (Å²) < 4.78 is 10.2. The zero-order valence-electron chi connectivity index (χ0n) is 17.4. The predicted molar refractivity (Wildman–Crippen MR) is 115 cm³/mol. The Morgan fingerprint density at radius 3 is 1.55 bits per heavy atom. The number of carbonyl (C=O) groups is 4. The van der Waals surface area contributed by atoms with Crippen LogP contribution in [0.15, 0.2) is 91.0 Å². The SMILES string of the molecule is O=C(O[C@H](C(=O)[O-])[C@H](OC(=O)c1ccccc1)C(=O)NCc1ccccc1)c1ccccc1. The molecule has 0 heterocycles. The molecule has 0 radical (unpaired) electrons. The van der Waals surface area contributed by atoms with Gasteiger partial charge in [-0.15, -0.1) is 0 Å². The predicted octanol–water partition coefficient (Wildman–Crippen LogP) is 1.50. The number of rotatable bonds is 9. The molecule has 0 unspecified atom stereocenters. The topological polar surface area (TPSA) is 122 Å². The Morgan fingerprint density at radius 1 is 0.667 bits per heavy atom. The zero-order valence-corrected chi connectivity index (χ0v) is 17.4. The smallest absolute Gasteiger partial charge is 0.339 e. The van der Waals surface area contributed by atoms with E-state index in [1.54, 1.807) is 66.7 Å². The molecule has 0 saturated carbocycles. The van der Waals surface area contributed by atoms with Crippen LogP contribution >= 0.6 is 0 Å². The maximum Gasteiger partial charge on any atom is 0.339 e. The number of carboxylic acids is 1. The number of nitrogens with one attached hydrogen (secondary N) is 1. The van der Waals surface area contributed by atoms with Gasteiger partial charge >= 0.3 is 11.9 Å². The van der Waals surface area contributed by atoms with Crippen molar-refractivity contribution in [2.24, 2.45) is 0 Å². The summed E-state index contributed by atoms with van der Waals surface area (Å²) in [4.78, 5) is 49.7. The minimum Gasteiger partial charge on any atom is -0.546 e. The van der Waals surface area contributed by atoms with E-state index >= 15 is 0 Å². The summed E-state index contributed by atoms with van der Waals surface area (Å²) in [6.07, 6.45) is -4.17. The summed E-state index contributed by atoms with van der Waals surface area (Å²) in [6, 6.07) is 24.1. The first kappa shape index (κ1) is 23.2. The van der Waals surface area contributed by atoms with Gasteiger partial charge in [-0.2, -0.15) is 0 Å². The molecule has 168 valence electrons. The van der Waals surface area contributed by atoms with Crippen molar-refractivity contribution < 1.29 is 33.8 Å². The first-order chi connectivity index (χ1) is 16.0. The van der Waals surface area contributed by atoms with Crippen LogP contribution in [-0.2, 0) is 25.6 Å². The fraction of sp³-hybridized carbons (Fsp3) is 0.120. The fourth-order valence-corrected chi connectivity index (χ4v) is 2.89. The lowest BCUT2D eigenvalue weighted by molar-refractivity contribution is -0.317. The molecule has 8 nitrogen and oxygen atoms in total. The van der Waals surface area contributed by atoms with E-state index in [2.05, 4.69) is 5.32 Å². The molecular formula is C25H20NO7-. The Bertz CT molecular complexity index is 1100. The molecule has 1 N–H and O–H groups in total. The molecule has 8 heteroatoms. The third-order valence-corrected chi connectivity index (χ3v) is 4.56. The molecule has 2 atom stereocenters. The monoisotopic (exact) mass is 446 g/mol. The normalized spacial score (nSPS) is 12.1. The van der Waals surface area contributed by atoms with E-state index in [0.29, 0.717) is 0 Å². The van der Waals surface area contributed by atoms with E-state index in [4.69, 9.17) is 9.47 Å². The van der Waals surface area contributed by atoms with Crippen molar-refractivity contribution in [3.63, 3.8) is 0 Å². The summed E-state index contributed by atoms with van der Waals surface area (Å²) in [5.41, 5.74) is 0.872. The second-order valence-electron chi connectivity index (χ2n) is 6.91. The average molecular weight is 446 g/mol. The number of aliphatic carboxylic acids is 1. The van der Waals surface area contributed by atoms with Gasteiger partial charge in [-0.3, -0.25) is 4.79 Å². The van der Waals surface area contributed by atoms with Crippen LogP contribution in [0.5, 0.6) is 0 Å². The summed E-state index contributed by atoms with van der Waals surface area (Å²) in [6.45, 7) is 0.0332. The highest BCUT2D eigenvalue weighted by Crippen LogP contribution is 2.13. The molecule has 0 bridgehead atoms. The van der Waals surface area contributed by atoms with Crippen molar-refractivity contribution in [2.45, 2.75) is 18.8 Å². The molecule has 0 aromatic heterocycles. The number of hydrogen-bond donors (Lipinski definition) is 1. The number of carboxylic acid groups (broad SMARTS) is 1. The number of hydrogen-bond acceptors (Lipinski definition) is 7. The van der Waals surface area contributed by atoms with Gasteiger partial charge < -0.3 is 24.7 Å². The van der Waals surface area contributed by atoms with Crippen molar-refractivity contribution in [3.05, 3.63) is 108 Å². The van der Waals surface area contributed by atoms with Gasteiger partial charge in [0.15, 0.2) is 6.10 Å². The number of benzene rings is 3. The summed E-state index contributed by atoms with van der Waals surface area (Å²) in [5, 5.41) is 14.4. The molecular weight excluding hydrogens is 426 g/mol. The van der Waals surface area contributed by atoms with Gasteiger partial charge in [-0.1, -0.05) is 66.7 Å². The third kappa shape index (κ3) is 6.51. The summed E-state index contributed by atoms with van der Waals surface area (Å²) in [5.74, 6) is -4.82. The maximum absolute atomic E-state index is 12.9. The van der Waals surface area contributed by atoms with Gasteiger partial charge in [0.1, 0.15) is 0 Å². The number of carbonyl (C=O) groups excluding carboxylic acids is 4. The van der Waals surface area contributed by atoms with Crippen molar-refractivity contribution >= 4 is 23.8 Å². The molecule has 0 saturated heterocycles. The minimum absolute atomic E-state index is 0.0332. The van der Waals surface area contributed by atoms with Crippen LogP contribution in [0.25, 0.3) is 0 Å². The van der Waals surface area contributed by atoms with E-state index in [0.717, 1.165) is 5.56 Å². The highest BCUT2D eigenvalue weighted by Gasteiger charge is 2.36. The lowest BCUT2D eigenvalue weighted by atomic mass is 10.1. The Hall–Kier alpha value is -4.46. The molecule has 33 heavy (non-hydrogen) atoms. The molecule has 3 aromatic carbocycles. The van der Waals surface area contributed by atoms with Crippen LogP contribution in [0.3, 0.4) is 0 Å². The van der Waals surface area contributed by atoms with Crippen LogP contribution in [-0.4, -0.2) is 36.0 Å². The highest BCUT2D eigenvalue weighted by atomic mass is 16.6. The van der Waals surface area contributed by atoms with Gasteiger partial charge in [0.25, 0.3) is 5.91 Å². The van der Waals surface area contributed by atoms with E-state index in [-0.39, 0.29) is 17.7 Å². The van der Waals surface area contributed by atoms with Crippen LogP contribution in [0.2, 0.25) is 0 Å². The quantitative estimate of drug-likeness (QED) is 0.494. The molecule has 0 fully saturated rings. The molecule has 1 amide bonds. The first-order valence-electron chi connectivity index (χ1n) is 10.0. The highest BCUT2D eigenvalue weighted by molar-refractivity contribution is 5.96. The van der Waals surface area contributed by atoms with E-state index in [1.165, 1.54) is 24.3 Å². The molecule has 0 aliphatic carbocycles. The summed E-state index contributed by atoms with van der Waals surface area (Å²) >= 11 is 0. The van der Waals surface area contributed by atoms with Gasteiger partial charge in [-0.25, -0.2) is 9.59 Å². The van der Waals surface area contributed by atoms with Gasteiger partial charge in [0, 0.05) is 6.54 Å². The molecule has 0 spiro atoms. The van der Waals surface area contributed by atoms with Crippen molar-refractivity contribution in [1.82, 2.24) is 5.32 Å². The lowest BCUT2D eigenvalue weighted by Crippen LogP contribution is -2.54. The maximum atomic E-state index is 12.9. The standard InChI is InChI=1S/C25H21NO7/c27-22(26-16-17-10-4-1-5-11-17)20(32-24(30)18-12-6-2-7-13-18)21(23(28)29)33-25(31)19-14-8-3-9-15-19/h1-15,20-21H,16H2,(H,26,27)(H,28,29)/p-1/t20-,21-/m0/s1. The molecule has 0 aliphatic heterocycles. The lowest BCUT2D eigenvalue weighted by Gasteiger charge is -2.27. The van der Waals surface area contributed by atoms with Gasteiger partial charge in [0.05, 0.1) is 17.1 Å². The van der Waals surface area contributed by atoms with Gasteiger partial charge in [-0.05, 0) is 29.8 Å². The summed E-state index contributed by atoms with van der Waals surface area (Å²) in [7, 11) is 0. The zero-order chi connectivity index (χ0) is 23.6. The number of esters is 2. The van der Waals surface area contributed by atoms with Crippen LogP contribution in [0, 0.1) is 0 Å². The Labute approximate surface area is 189 Å². The molecule has 3 rings (SSSR count). The third-order valence-electron chi connectivity index (χ3n) is 4.56. The van der Waals surface area contributed by atoms with Crippen molar-refractivity contribution in [3.8, 4) is 0 Å². The second kappa shape index (κ2) is 11.2. The molecule has 0 aliphatic rings. The second-order valence-corrected chi connectivity index (χ2v) is 6.91. The Morgan fingerprint density at radius 2 is 1.09 bits per heavy atom. The minimum atomic E-state index is -2.18. The Balaban J connectivity index is 1.83. The first-order valence-corrected chi connectivity index (χ1v) is 10.0.